The standard InChI is InChI=1S/C27H30N4O5/c1-19-3-5-20(6-4-19)27-28-25(36-29-27)18-30-11-13-31(14-12-30)26(33)10-8-22(32)21-7-9-23-24(17-21)35-16-2-15-34-23/h3-7,9,17H,2,8,10-16,18H2,1H3. The average Bonchev–Trinajstić information content (AvgIpc) is 3.23. The van der Waals surface area contributed by atoms with E-state index in [4.69, 9.17) is 14.0 Å². The number of ketones is 1. The second-order valence-electron chi connectivity index (χ2n) is 9.17. The van der Waals surface area contributed by atoms with Gasteiger partial charge in [0.15, 0.2) is 17.3 Å². The quantitative estimate of drug-likeness (QED) is 0.464. The number of aromatic nitrogens is 2. The molecule has 1 saturated heterocycles. The van der Waals surface area contributed by atoms with Crippen LogP contribution in [0.4, 0.5) is 0 Å². The first-order valence-corrected chi connectivity index (χ1v) is 12.4. The van der Waals surface area contributed by atoms with Gasteiger partial charge in [-0.1, -0.05) is 35.0 Å². The topological polar surface area (TPSA) is 98.0 Å². The molecular weight excluding hydrogens is 460 g/mol. The van der Waals surface area contributed by atoms with Gasteiger partial charge in [0.1, 0.15) is 0 Å². The normalized spacial score (nSPS) is 16.0. The first-order valence-electron chi connectivity index (χ1n) is 12.4. The first kappa shape index (κ1) is 24.0. The molecule has 3 aromatic rings. The number of piperazine rings is 1. The largest absolute Gasteiger partial charge is 0.490 e. The molecule has 36 heavy (non-hydrogen) atoms. The van der Waals surface area contributed by atoms with Crippen molar-refractivity contribution in [2.75, 3.05) is 39.4 Å². The zero-order chi connectivity index (χ0) is 24.9. The fourth-order valence-corrected chi connectivity index (χ4v) is 4.35. The molecule has 188 valence electrons. The van der Waals surface area contributed by atoms with Gasteiger partial charge >= 0.3 is 0 Å². The predicted molar refractivity (Wildman–Crippen MR) is 132 cm³/mol. The molecule has 0 N–H and O–H groups in total. The van der Waals surface area contributed by atoms with Gasteiger partial charge in [0.2, 0.25) is 17.6 Å². The molecule has 2 aliphatic heterocycles. The van der Waals surface area contributed by atoms with E-state index in [2.05, 4.69) is 15.0 Å². The molecule has 2 aromatic carbocycles. The summed E-state index contributed by atoms with van der Waals surface area (Å²) in [4.78, 5) is 33.9. The first-order chi connectivity index (χ1) is 17.5. The maximum atomic E-state index is 12.7. The van der Waals surface area contributed by atoms with Crippen molar-refractivity contribution < 1.29 is 23.6 Å². The van der Waals surface area contributed by atoms with Crippen LogP contribution >= 0.6 is 0 Å². The van der Waals surface area contributed by atoms with Gasteiger partial charge in [0.05, 0.1) is 19.8 Å². The number of nitrogens with zero attached hydrogens (tertiary/aromatic N) is 4. The van der Waals surface area contributed by atoms with Crippen molar-refractivity contribution in [3.8, 4) is 22.9 Å². The Bertz CT molecular complexity index is 1220. The molecule has 0 saturated carbocycles. The number of aryl methyl sites for hydroxylation is 1. The zero-order valence-electron chi connectivity index (χ0n) is 20.4. The summed E-state index contributed by atoms with van der Waals surface area (Å²) in [7, 11) is 0. The van der Waals surface area contributed by atoms with Crippen LogP contribution in [0.3, 0.4) is 0 Å². The van der Waals surface area contributed by atoms with E-state index in [1.165, 1.54) is 5.56 Å². The molecule has 0 atom stereocenters. The van der Waals surface area contributed by atoms with E-state index in [9.17, 15) is 9.59 Å². The highest BCUT2D eigenvalue weighted by molar-refractivity contribution is 5.98. The highest BCUT2D eigenvalue weighted by Gasteiger charge is 2.23. The van der Waals surface area contributed by atoms with Crippen molar-refractivity contribution in [1.82, 2.24) is 19.9 Å². The third kappa shape index (κ3) is 5.73. The van der Waals surface area contributed by atoms with E-state index < -0.39 is 0 Å². The van der Waals surface area contributed by atoms with Crippen molar-refractivity contribution in [3.63, 3.8) is 0 Å². The number of rotatable bonds is 7. The van der Waals surface area contributed by atoms with Crippen molar-refractivity contribution in [2.24, 2.45) is 0 Å². The molecule has 1 fully saturated rings. The second kappa shape index (κ2) is 10.9. The van der Waals surface area contributed by atoms with E-state index >= 15 is 0 Å². The molecule has 3 heterocycles. The third-order valence-electron chi connectivity index (χ3n) is 6.50. The minimum absolute atomic E-state index is 0.00297. The molecule has 9 nitrogen and oxygen atoms in total. The van der Waals surface area contributed by atoms with Gasteiger partial charge in [-0.25, -0.2) is 0 Å². The summed E-state index contributed by atoms with van der Waals surface area (Å²) in [6.07, 6.45) is 1.17. The smallest absolute Gasteiger partial charge is 0.241 e. The van der Waals surface area contributed by atoms with Crippen LogP contribution in [-0.4, -0.2) is 71.0 Å². The second-order valence-corrected chi connectivity index (χ2v) is 9.17. The van der Waals surface area contributed by atoms with Gasteiger partial charge in [-0.2, -0.15) is 4.98 Å². The number of benzene rings is 2. The summed E-state index contributed by atoms with van der Waals surface area (Å²) < 4.78 is 16.7. The van der Waals surface area contributed by atoms with Crippen LogP contribution < -0.4 is 9.47 Å². The van der Waals surface area contributed by atoms with Crippen molar-refractivity contribution in [2.45, 2.75) is 32.7 Å². The molecule has 0 radical (unpaired) electrons. The van der Waals surface area contributed by atoms with Crippen LogP contribution in [0.25, 0.3) is 11.4 Å². The number of carbonyl (C=O) groups is 2. The number of Topliss-reactive ketones (excluding diaryl/α,β-unsaturated/α-hetero) is 1. The molecule has 1 amide bonds. The molecule has 2 aliphatic rings. The van der Waals surface area contributed by atoms with E-state index in [0.29, 0.717) is 74.7 Å². The average molecular weight is 491 g/mol. The molecule has 1 aromatic heterocycles. The number of ether oxygens (including phenoxy) is 2. The molecule has 0 spiro atoms. The Morgan fingerprint density at radius 1 is 0.917 bits per heavy atom. The van der Waals surface area contributed by atoms with Crippen LogP contribution in [0.15, 0.2) is 47.0 Å². The Morgan fingerprint density at radius 3 is 2.44 bits per heavy atom. The van der Waals surface area contributed by atoms with Crippen LogP contribution in [0.2, 0.25) is 0 Å². The summed E-state index contributed by atoms with van der Waals surface area (Å²) in [6.45, 7) is 6.39. The fraction of sp³-hybridized carbons (Fsp3) is 0.407. The monoisotopic (exact) mass is 490 g/mol. The lowest BCUT2D eigenvalue weighted by Gasteiger charge is -2.34. The summed E-state index contributed by atoms with van der Waals surface area (Å²) in [5.41, 5.74) is 2.65. The van der Waals surface area contributed by atoms with Gasteiger partial charge in [-0.05, 0) is 25.1 Å². The van der Waals surface area contributed by atoms with Crippen molar-refractivity contribution in [3.05, 3.63) is 59.5 Å². The highest BCUT2D eigenvalue weighted by atomic mass is 16.5. The number of hydrogen-bond acceptors (Lipinski definition) is 8. The summed E-state index contributed by atoms with van der Waals surface area (Å²) >= 11 is 0. The number of fused-ring (bicyclic) bond motifs is 1. The van der Waals surface area contributed by atoms with E-state index in [1.54, 1.807) is 18.2 Å². The zero-order valence-corrected chi connectivity index (χ0v) is 20.4. The minimum Gasteiger partial charge on any atom is -0.490 e. The summed E-state index contributed by atoms with van der Waals surface area (Å²) in [5.74, 6) is 2.32. The van der Waals surface area contributed by atoms with Crippen LogP contribution in [-0.2, 0) is 11.3 Å². The predicted octanol–water partition coefficient (Wildman–Crippen LogP) is 3.51. The summed E-state index contributed by atoms with van der Waals surface area (Å²) in [5, 5.41) is 4.09. The molecule has 9 heteroatoms. The number of amides is 1. The Labute approximate surface area is 210 Å². The maximum absolute atomic E-state index is 12.7. The van der Waals surface area contributed by atoms with Gasteiger partial charge in [-0.15, -0.1) is 0 Å². The maximum Gasteiger partial charge on any atom is 0.241 e. The Kier molecular flexibility index (Phi) is 7.27. The fourth-order valence-electron chi connectivity index (χ4n) is 4.35. The van der Waals surface area contributed by atoms with Gasteiger partial charge < -0.3 is 18.9 Å². The van der Waals surface area contributed by atoms with E-state index in [0.717, 1.165) is 12.0 Å². The molecule has 0 unspecified atom stereocenters. The van der Waals surface area contributed by atoms with Gasteiger partial charge in [-0.3, -0.25) is 14.5 Å². The minimum atomic E-state index is -0.0709. The van der Waals surface area contributed by atoms with Crippen LogP contribution in [0.5, 0.6) is 11.5 Å². The van der Waals surface area contributed by atoms with Crippen LogP contribution in [0, 0.1) is 6.92 Å². The Morgan fingerprint density at radius 2 is 1.67 bits per heavy atom. The van der Waals surface area contributed by atoms with E-state index in [-0.39, 0.29) is 24.5 Å². The molecule has 5 rings (SSSR count). The number of hydrogen-bond donors (Lipinski definition) is 0. The third-order valence-corrected chi connectivity index (χ3v) is 6.50. The van der Waals surface area contributed by atoms with Crippen molar-refractivity contribution >= 4 is 11.7 Å². The van der Waals surface area contributed by atoms with E-state index in [1.807, 2.05) is 36.1 Å². The van der Waals surface area contributed by atoms with Crippen LogP contribution in [0.1, 0.15) is 41.1 Å². The summed E-state index contributed by atoms with van der Waals surface area (Å²) in [6, 6.07) is 13.2. The lowest BCUT2D eigenvalue weighted by atomic mass is 10.1. The SMILES string of the molecule is Cc1ccc(-c2noc(CN3CCN(C(=O)CCC(=O)c4ccc5c(c4)OCCCO5)CC3)n2)cc1. The molecular formula is C27H30N4O5. The lowest BCUT2D eigenvalue weighted by Crippen LogP contribution is -2.48. The Balaban J connectivity index is 1.07. The highest BCUT2D eigenvalue weighted by Crippen LogP contribution is 2.31. The lowest BCUT2D eigenvalue weighted by molar-refractivity contribution is -0.133. The molecule has 0 aliphatic carbocycles. The van der Waals surface area contributed by atoms with Gasteiger partial charge in [0, 0.05) is 56.6 Å². The number of carbonyl (C=O) groups excluding carboxylic acids is 2. The molecule has 0 bridgehead atoms. The Hall–Kier alpha value is -3.72. The van der Waals surface area contributed by atoms with Crippen molar-refractivity contribution in [1.29, 1.82) is 0 Å². The van der Waals surface area contributed by atoms with Gasteiger partial charge in [0.25, 0.3) is 0 Å².